The van der Waals surface area contributed by atoms with Gasteiger partial charge < -0.3 is 10.2 Å². The molecule has 0 fully saturated rings. The van der Waals surface area contributed by atoms with E-state index in [0.717, 1.165) is 41.6 Å². The van der Waals surface area contributed by atoms with Crippen LogP contribution in [0.2, 0.25) is 0 Å². The van der Waals surface area contributed by atoms with Crippen LogP contribution in [0.3, 0.4) is 0 Å². The zero-order valence-electron chi connectivity index (χ0n) is 23.0. The van der Waals surface area contributed by atoms with Crippen LogP contribution in [-0.2, 0) is 11.5 Å². The maximum Gasteiger partial charge on any atom is 0.150 e. The van der Waals surface area contributed by atoms with Crippen molar-refractivity contribution in [2.75, 3.05) is 7.11 Å². The molecule has 0 aliphatic carbocycles. The molecule has 0 atom stereocenters. The van der Waals surface area contributed by atoms with E-state index in [1.165, 1.54) is 15.4 Å². The average Bonchev–Trinajstić information content (AvgIpc) is 3.07. The van der Waals surface area contributed by atoms with Gasteiger partial charge in [0, 0.05) is 39.5 Å². The number of carbonyl (C=O) groups is 1. The first-order valence-electron chi connectivity index (χ1n) is 12.5. The Balaban J connectivity index is 0.000000296. The minimum Gasteiger partial charge on any atom is -0.508 e. The highest BCUT2D eigenvalue weighted by atomic mass is 33.7. The summed E-state index contributed by atoms with van der Waals surface area (Å²) in [6.45, 7) is 1.82. The van der Waals surface area contributed by atoms with Crippen molar-refractivity contribution < 1.29 is 15.0 Å². The van der Waals surface area contributed by atoms with Gasteiger partial charge in [0.05, 0.1) is 0 Å². The molecule has 42 heavy (non-hydrogen) atoms. The Morgan fingerprint density at radius 1 is 0.643 bits per heavy atom. The molecule has 2 N–H and O–H groups in total. The normalized spacial score (nSPS) is 10.6. The SMILES string of the molecule is C/C=C(/O)c1cccc(CSSSSCc2cccc(C=O)c2)c1.CO.c1ccc(SSSSc2ccccc2)cc1. The largest absolute Gasteiger partial charge is 0.508 e. The molecule has 0 saturated carbocycles. The number of aldehydes is 1. The summed E-state index contributed by atoms with van der Waals surface area (Å²) in [5.74, 6) is 2.09. The summed E-state index contributed by atoms with van der Waals surface area (Å²) >= 11 is 0. The Kier molecular flexibility index (Phi) is 21.3. The summed E-state index contributed by atoms with van der Waals surface area (Å²) in [7, 11) is 15.2. The average molecular weight is 709 g/mol. The lowest BCUT2D eigenvalue weighted by atomic mass is 10.1. The van der Waals surface area contributed by atoms with Crippen molar-refractivity contribution in [2.45, 2.75) is 28.2 Å². The maximum absolute atomic E-state index is 10.8. The number of aliphatic hydroxyl groups is 2. The Labute approximate surface area is 280 Å². The molecule has 0 amide bonds. The van der Waals surface area contributed by atoms with Gasteiger partial charge in [0.15, 0.2) is 0 Å². The molecular formula is C31H32O3S8. The highest BCUT2D eigenvalue weighted by Crippen LogP contribution is 2.49. The Hall–Kier alpha value is -1.15. The van der Waals surface area contributed by atoms with Crippen molar-refractivity contribution in [3.8, 4) is 0 Å². The highest BCUT2D eigenvalue weighted by Gasteiger charge is 2.02. The van der Waals surface area contributed by atoms with Crippen LogP contribution >= 0.6 is 82.5 Å². The molecule has 0 aliphatic rings. The van der Waals surface area contributed by atoms with Gasteiger partial charge in [-0.2, -0.15) is 0 Å². The van der Waals surface area contributed by atoms with Gasteiger partial charge in [-0.3, -0.25) is 4.79 Å². The standard InChI is InChI=1S/C18H18O2S4.C12H10S4.CH4O/c1-2-18(20)17-8-4-7-16(10-17)13-22-24-23-21-12-15-6-3-5-14(9-15)11-19;1-3-7-11(8-4-1)13-15-16-14-12-9-5-2-6-10-12;1-2/h2-11,20H,12-13H2,1H3;1-10H;2H,1H3/b18-2+;;. The number of benzene rings is 4. The van der Waals surface area contributed by atoms with Crippen LogP contribution in [0.1, 0.15) is 34.0 Å². The molecular weight excluding hydrogens is 677 g/mol. The highest BCUT2D eigenvalue weighted by molar-refractivity contribution is 9.26. The third-order valence-corrected chi connectivity index (χ3v) is 17.3. The van der Waals surface area contributed by atoms with Crippen molar-refractivity contribution in [1.29, 1.82) is 0 Å². The van der Waals surface area contributed by atoms with Crippen LogP contribution in [0.4, 0.5) is 0 Å². The predicted molar refractivity (Wildman–Crippen MR) is 200 cm³/mol. The third kappa shape index (κ3) is 16.1. The summed E-state index contributed by atoms with van der Waals surface area (Å²) in [5, 5.41) is 16.8. The lowest BCUT2D eigenvalue weighted by molar-refractivity contribution is 0.112. The lowest BCUT2D eigenvalue weighted by Crippen LogP contribution is -1.85. The van der Waals surface area contributed by atoms with E-state index in [4.69, 9.17) is 5.11 Å². The summed E-state index contributed by atoms with van der Waals surface area (Å²) in [4.78, 5) is 13.4. The van der Waals surface area contributed by atoms with E-state index in [1.54, 1.807) is 88.6 Å². The molecule has 0 saturated heterocycles. The van der Waals surface area contributed by atoms with Crippen LogP contribution < -0.4 is 0 Å². The number of rotatable bonds is 14. The molecule has 0 spiro atoms. The molecule has 4 aromatic carbocycles. The van der Waals surface area contributed by atoms with Gasteiger partial charge in [0.25, 0.3) is 0 Å². The van der Waals surface area contributed by atoms with E-state index >= 15 is 0 Å². The number of aliphatic hydroxyl groups excluding tert-OH is 2. The monoisotopic (exact) mass is 708 g/mol. The smallest absolute Gasteiger partial charge is 0.150 e. The molecule has 222 valence electrons. The van der Waals surface area contributed by atoms with Gasteiger partial charge in [-0.1, -0.05) is 94.4 Å². The summed E-state index contributed by atoms with van der Waals surface area (Å²) in [6.07, 6.45) is 2.58. The fourth-order valence-corrected chi connectivity index (χ4v) is 14.3. The zero-order valence-corrected chi connectivity index (χ0v) is 29.6. The van der Waals surface area contributed by atoms with Gasteiger partial charge in [0.1, 0.15) is 12.0 Å². The molecule has 0 aliphatic heterocycles. The lowest BCUT2D eigenvalue weighted by Gasteiger charge is -2.04. The second kappa shape index (κ2) is 24.2. The molecule has 0 radical (unpaired) electrons. The Morgan fingerprint density at radius 2 is 1.14 bits per heavy atom. The second-order valence-electron chi connectivity index (χ2n) is 7.83. The van der Waals surface area contributed by atoms with E-state index in [2.05, 4.69) is 54.6 Å². The summed E-state index contributed by atoms with van der Waals surface area (Å²) in [6, 6.07) is 36.5. The van der Waals surface area contributed by atoms with Crippen LogP contribution in [-0.4, -0.2) is 23.6 Å². The van der Waals surface area contributed by atoms with Gasteiger partial charge in [-0.25, -0.2) is 0 Å². The first-order valence-corrected chi connectivity index (χ1v) is 22.4. The molecule has 0 bridgehead atoms. The summed E-state index contributed by atoms with van der Waals surface area (Å²) in [5.41, 5.74) is 3.95. The van der Waals surface area contributed by atoms with Gasteiger partial charge in [-0.15, -0.1) is 0 Å². The second-order valence-corrected chi connectivity index (χ2v) is 19.6. The molecule has 3 nitrogen and oxygen atoms in total. The Morgan fingerprint density at radius 3 is 1.64 bits per heavy atom. The molecule has 4 rings (SSSR count). The molecule has 0 heterocycles. The number of hydrogen-bond donors (Lipinski definition) is 2. The molecule has 11 heteroatoms. The maximum atomic E-state index is 10.8. The zero-order chi connectivity index (χ0) is 30.3. The van der Waals surface area contributed by atoms with E-state index in [-0.39, 0.29) is 0 Å². The first-order chi connectivity index (χ1) is 20.7. The number of carbonyl (C=O) groups excluding carboxylic acids is 1. The fraction of sp³-hybridized carbons (Fsp3) is 0.129. The van der Waals surface area contributed by atoms with E-state index in [1.807, 2.05) is 61.5 Å². The van der Waals surface area contributed by atoms with Crippen molar-refractivity contribution in [3.05, 3.63) is 138 Å². The van der Waals surface area contributed by atoms with Crippen LogP contribution in [0.15, 0.2) is 125 Å². The first kappa shape index (κ1) is 37.0. The van der Waals surface area contributed by atoms with Crippen molar-refractivity contribution in [3.63, 3.8) is 0 Å². The van der Waals surface area contributed by atoms with Crippen molar-refractivity contribution >= 4 is 94.5 Å². The van der Waals surface area contributed by atoms with Gasteiger partial charge >= 0.3 is 0 Å². The van der Waals surface area contributed by atoms with Gasteiger partial charge in [0.2, 0.25) is 0 Å². The number of allylic oxidation sites excluding steroid dienone is 1. The number of hydrogen-bond acceptors (Lipinski definition) is 11. The quantitative estimate of drug-likeness (QED) is 0.0569. The van der Waals surface area contributed by atoms with Gasteiger partial charge in [-0.05, 0) is 121 Å². The Bertz CT molecular complexity index is 1270. The van der Waals surface area contributed by atoms with Crippen LogP contribution in [0, 0.1) is 0 Å². The van der Waals surface area contributed by atoms with E-state index in [9.17, 15) is 9.90 Å². The summed E-state index contributed by atoms with van der Waals surface area (Å²) < 4.78 is 0. The molecule has 0 unspecified atom stereocenters. The van der Waals surface area contributed by atoms with E-state index in [0.29, 0.717) is 5.76 Å². The van der Waals surface area contributed by atoms with Crippen molar-refractivity contribution in [1.82, 2.24) is 0 Å². The predicted octanol–water partition coefficient (Wildman–Crippen LogP) is 12.2. The fourth-order valence-electron chi connectivity index (χ4n) is 3.03. The minimum absolute atomic E-state index is 0.317. The van der Waals surface area contributed by atoms with Crippen LogP contribution in [0.5, 0.6) is 0 Å². The molecule has 4 aromatic rings. The van der Waals surface area contributed by atoms with Crippen molar-refractivity contribution in [2.24, 2.45) is 0 Å². The third-order valence-electron chi connectivity index (χ3n) is 4.93. The molecule has 0 aromatic heterocycles. The topological polar surface area (TPSA) is 57.5 Å². The van der Waals surface area contributed by atoms with E-state index < -0.39 is 0 Å². The minimum atomic E-state index is 0.317. The van der Waals surface area contributed by atoms with Crippen LogP contribution in [0.25, 0.3) is 5.76 Å².